The van der Waals surface area contributed by atoms with Crippen molar-refractivity contribution >= 4 is 33.5 Å². The molecule has 3 aromatic heterocycles. The lowest BCUT2D eigenvalue weighted by atomic mass is 10.2. The van der Waals surface area contributed by atoms with Gasteiger partial charge in [-0.1, -0.05) is 0 Å². The molecular weight excluding hydrogens is 326 g/mol. The predicted octanol–water partition coefficient (Wildman–Crippen LogP) is 0.828. The zero-order valence-corrected chi connectivity index (χ0v) is 14.3. The average molecular weight is 343 g/mol. The summed E-state index contributed by atoms with van der Waals surface area (Å²) in [5.74, 6) is 1.06. The summed E-state index contributed by atoms with van der Waals surface area (Å²) in [5, 5.41) is 0.755. The second kappa shape index (κ2) is 5.52. The van der Waals surface area contributed by atoms with Gasteiger partial charge in [0.25, 0.3) is 5.56 Å². The predicted molar refractivity (Wildman–Crippen MR) is 93.6 cm³/mol. The van der Waals surface area contributed by atoms with E-state index in [1.54, 1.807) is 27.1 Å². The number of nitrogen functional groups attached to an aromatic ring is 1. The molecule has 1 aliphatic carbocycles. The molecular formula is C15H17N7OS. The number of thiophene rings is 1. The monoisotopic (exact) mass is 343 g/mol. The van der Waals surface area contributed by atoms with Gasteiger partial charge in [0, 0.05) is 19.0 Å². The highest BCUT2D eigenvalue weighted by molar-refractivity contribution is 7.18. The molecule has 0 bridgehead atoms. The van der Waals surface area contributed by atoms with E-state index in [0.29, 0.717) is 11.8 Å². The zero-order valence-electron chi connectivity index (χ0n) is 13.5. The molecule has 1 aliphatic rings. The Bertz CT molecular complexity index is 991. The first kappa shape index (κ1) is 15.0. The summed E-state index contributed by atoms with van der Waals surface area (Å²) < 4.78 is 1.54. The van der Waals surface area contributed by atoms with Crippen LogP contribution in [0.4, 0.5) is 11.9 Å². The SMILES string of the molecule is CN(C)c1nc(N)nc(Cn2cnc3sc4c(c3c2=O)CCC4)n1. The summed E-state index contributed by atoms with van der Waals surface area (Å²) in [6.07, 6.45) is 4.68. The Morgan fingerprint density at radius 1 is 1.29 bits per heavy atom. The van der Waals surface area contributed by atoms with Crippen molar-refractivity contribution < 1.29 is 0 Å². The topological polar surface area (TPSA) is 103 Å². The Hall–Kier alpha value is -2.55. The van der Waals surface area contributed by atoms with Gasteiger partial charge in [-0.05, 0) is 24.8 Å². The van der Waals surface area contributed by atoms with Gasteiger partial charge in [0.15, 0.2) is 5.82 Å². The molecule has 24 heavy (non-hydrogen) atoms. The molecule has 0 aliphatic heterocycles. The van der Waals surface area contributed by atoms with E-state index in [0.717, 1.165) is 29.5 Å². The maximum atomic E-state index is 12.9. The van der Waals surface area contributed by atoms with Crippen LogP contribution in [0.25, 0.3) is 10.2 Å². The molecule has 0 spiro atoms. The van der Waals surface area contributed by atoms with E-state index in [4.69, 9.17) is 5.73 Å². The van der Waals surface area contributed by atoms with Crippen LogP contribution in [-0.2, 0) is 19.4 Å². The van der Waals surface area contributed by atoms with Crippen LogP contribution in [0.2, 0.25) is 0 Å². The van der Waals surface area contributed by atoms with Gasteiger partial charge in [0.05, 0.1) is 18.3 Å². The fourth-order valence-corrected chi connectivity index (χ4v) is 4.20. The van der Waals surface area contributed by atoms with Crippen LogP contribution in [0.15, 0.2) is 11.1 Å². The molecule has 8 nitrogen and oxygen atoms in total. The number of nitrogens with two attached hydrogens (primary N) is 1. The standard InChI is InChI=1S/C15H17N7OS/c1-21(2)15-19-10(18-14(16)20-15)6-22-7-17-12-11(13(22)23)8-4-3-5-9(8)24-12/h7H,3-6H2,1-2H3,(H2,16,18,19,20). The van der Waals surface area contributed by atoms with Gasteiger partial charge in [-0.25, -0.2) is 4.98 Å². The minimum absolute atomic E-state index is 0.0372. The number of hydrogen-bond acceptors (Lipinski definition) is 8. The maximum absolute atomic E-state index is 12.9. The summed E-state index contributed by atoms with van der Waals surface area (Å²) in [4.78, 5) is 33.7. The number of hydrogen-bond donors (Lipinski definition) is 1. The number of fused-ring (bicyclic) bond motifs is 3. The smallest absolute Gasteiger partial charge is 0.262 e. The first-order chi connectivity index (χ1) is 11.5. The van der Waals surface area contributed by atoms with E-state index in [9.17, 15) is 4.79 Å². The van der Waals surface area contributed by atoms with Crippen molar-refractivity contribution in [2.75, 3.05) is 24.7 Å². The normalized spacial score (nSPS) is 13.4. The van der Waals surface area contributed by atoms with Crippen LogP contribution in [-0.4, -0.2) is 38.6 Å². The Morgan fingerprint density at radius 3 is 2.92 bits per heavy atom. The van der Waals surface area contributed by atoms with Crippen molar-refractivity contribution in [1.29, 1.82) is 0 Å². The van der Waals surface area contributed by atoms with E-state index in [1.165, 1.54) is 10.4 Å². The minimum atomic E-state index is -0.0372. The second-order valence-corrected chi connectivity index (χ2v) is 7.10. The van der Waals surface area contributed by atoms with E-state index in [2.05, 4.69) is 19.9 Å². The highest BCUT2D eigenvalue weighted by atomic mass is 32.1. The summed E-state index contributed by atoms with van der Waals surface area (Å²) in [7, 11) is 3.65. The molecule has 0 aromatic carbocycles. The van der Waals surface area contributed by atoms with Crippen molar-refractivity contribution in [1.82, 2.24) is 24.5 Å². The lowest BCUT2D eigenvalue weighted by Crippen LogP contribution is -2.23. The van der Waals surface area contributed by atoms with Gasteiger partial charge < -0.3 is 10.6 Å². The fraction of sp³-hybridized carbons (Fsp3) is 0.400. The van der Waals surface area contributed by atoms with Crippen LogP contribution in [0.5, 0.6) is 0 Å². The Labute approximate surface area is 142 Å². The largest absolute Gasteiger partial charge is 0.368 e. The van der Waals surface area contributed by atoms with Crippen LogP contribution in [0.3, 0.4) is 0 Å². The van der Waals surface area contributed by atoms with E-state index >= 15 is 0 Å². The first-order valence-electron chi connectivity index (χ1n) is 7.70. The summed E-state index contributed by atoms with van der Waals surface area (Å²) in [6, 6.07) is 0. The quantitative estimate of drug-likeness (QED) is 0.751. The van der Waals surface area contributed by atoms with Crippen LogP contribution >= 0.6 is 11.3 Å². The van der Waals surface area contributed by atoms with Crippen LogP contribution in [0.1, 0.15) is 22.7 Å². The molecule has 0 atom stereocenters. The molecule has 0 fully saturated rings. The lowest BCUT2D eigenvalue weighted by Gasteiger charge is -2.12. The molecule has 0 radical (unpaired) electrons. The van der Waals surface area contributed by atoms with E-state index in [-0.39, 0.29) is 18.1 Å². The van der Waals surface area contributed by atoms with Gasteiger partial charge >= 0.3 is 0 Å². The van der Waals surface area contributed by atoms with Crippen molar-refractivity contribution in [3.05, 3.63) is 32.9 Å². The number of aryl methyl sites for hydroxylation is 2. The molecule has 4 rings (SSSR count). The Morgan fingerprint density at radius 2 is 2.12 bits per heavy atom. The third-order valence-corrected chi connectivity index (χ3v) is 5.29. The molecule has 0 saturated heterocycles. The number of rotatable bonds is 3. The summed E-state index contributed by atoms with van der Waals surface area (Å²) in [6.45, 7) is 0.222. The van der Waals surface area contributed by atoms with Gasteiger partial charge in [-0.3, -0.25) is 9.36 Å². The molecule has 0 amide bonds. The van der Waals surface area contributed by atoms with Gasteiger partial charge in [0.2, 0.25) is 11.9 Å². The van der Waals surface area contributed by atoms with Crippen LogP contribution < -0.4 is 16.2 Å². The maximum Gasteiger partial charge on any atom is 0.262 e. The first-order valence-corrected chi connectivity index (χ1v) is 8.52. The minimum Gasteiger partial charge on any atom is -0.368 e. The van der Waals surface area contributed by atoms with Crippen LogP contribution in [0, 0.1) is 0 Å². The molecule has 0 saturated carbocycles. The molecule has 0 unspecified atom stereocenters. The lowest BCUT2D eigenvalue weighted by molar-refractivity contribution is 0.700. The molecule has 9 heteroatoms. The fourth-order valence-electron chi connectivity index (χ4n) is 2.98. The second-order valence-electron chi connectivity index (χ2n) is 6.02. The van der Waals surface area contributed by atoms with Crippen molar-refractivity contribution in [2.45, 2.75) is 25.8 Å². The molecule has 3 heterocycles. The van der Waals surface area contributed by atoms with Gasteiger partial charge in [0.1, 0.15) is 4.83 Å². The third kappa shape index (κ3) is 2.41. The summed E-state index contributed by atoms with van der Waals surface area (Å²) in [5.41, 5.74) is 6.88. The highest BCUT2D eigenvalue weighted by Gasteiger charge is 2.21. The van der Waals surface area contributed by atoms with Crippen molar-refractivity contribution in [3.8, 4) is 0 Å². The number of aromatic nitrogens is 5. The summed E-state index contributed by atoms with van der Waals surface area (Å²) >= 11 is 1.63. The number of anilines is 2. The molecule has 2 N–H and O–H groups in total. The molecule has 3 aromatic rings. The van der Waals surface area contributed by atoms with Gasteiger partial charge in [-0.15, -0.1) is 11.3 Å². The van der Waals surface area contributed by atoms with Crippen molar-refractivity contribution in [2.24, 2.45) is 0 Å². The van der Waals surface area contributed by atoms with E-state index in [1.807, 2.05) is 14.1 Å². The highest BCUT2D eigenvalue weighted by Crippen LogP contribution is 2.34. The number of nitrogens with zero attached hydrogens (tertiary/aromatic N) is 6. The van der Waals surface area contributed by atoms with Gasteiger partial charge in [-0.2, -0.15) is 15.0 Å². The Balaban J connectivity index is 1.78. The van der Waals surface area contributed by atoms with E-state index < -0.39 is 0 Å². The van der Waals surface area contributed by atoms with Crippen molar-refractivity contribution in [3.63, 3.8) is 0 Å². The molecule has 124 valence electrons. The average Bonchev–Trinajstić information content (AvgIpc) is 3.10. The third-order valence-electron chi connectivity index (χ3n) is 4.09. The zero-order chi connectivity index (χ0) is 16.8. The Kier molecular flexibility index (Phi) is 3.45.